The van der Waals surface area contributed by atoms with Gasteiger partial charge in [-0.05, 0) is 13.3 Å². The molecule has 0 bridgehead atoms. The Morgan fingerprint density at radius 3 is 2.80 bits per heavy atom. The number of rotatable bonds is 6. The molecule has 0 unspecified atom stereocenters. The summed E-state index contributed by atoms with van der Waals surface area (Å²) in [6.07, 6.45) is 5.50. The van der Waals surface area contributed by atoms with Crippen LogP contribution in [0.25, 0.3) is 0 Å². The van der Waals surface area contributed by atoms with Crippen molar-refractivity contribution in [1.29, 1.82) is 0 Å². The summed E-state index contributed by atoms with van der Waals surface area (Å²) in [6.45, 7) is 6.87. The molecule has 0 aliphatic heterocycles. The minimum atomic E-state index is 0.261. The monoisotopic (exact) mass is 293 g/mol. The fraction of sp³-hybridized carbons (Fsp3) is 0.500. The quantitative estimate of drug-likeness (QED) is 0.633. The molecule has 2 aromatic heterocycles. The van der Waals surface area contributed by atoms with Gasteiger partial charge in [0.1, 0.15) is 22.6 Å². The van der Waals surface area contributed by atoms with Crippen molar-refractivity contribution in [2.45, 2.75) is 39.5 Å². The van der Waals surface area contributed by atoms with Crippen LogP contribution in [-0.4, -0.2) is 26.5 Å². The van der Waals surface area contributed by atoms with Crippen LogP contribution in [0.4, 0.5) is 5.82 Å². The highest BCUT2D eigenvalue weighted by atomic mass is 35.5. The van der Waals surface area contributed by atoms with E-state index in [4.69, 9.17) is 11.6 Å². The molecule has 20 heavy (non-hydrogen) atoms. The van der Waals surface area contributed by atoms with E-state index in [-0.39, 0.29) is 5.92 Å². The summed E-state index contributed by atoms with van der Waals surface area (Å²) < 4.78 is 0. The summed E-state index contributed by atoms with van der Waals surface area (Å²) in [6, 6.07) is 0. The molecule has 0 amide bonds. The lowest BCUT2D eigenvalue weighted by Crippen LogP contribution is -2.10. The second-order valence-electron chi connectivity index (χ2n) is 5.07. The number of halogens is 1. The number of hydrogen-bond acceptors (Lipinski definition) is 4. The summed E-state index contributed by atoms with van der Waals surface area (Å²) in [5.41, 5.74) is 0.897. The summed E-state index contributed by atoms with van der Waals surface area (Å²) >= 11 is 6.15. The van der Waals surface area contributed by atoms with E-state index in [0.29, 0.717) is 5.15 Å². The minimum absolute atomic E-state index is 0.261. The van der Waals surface area contributed by atoms with E-state index >= 15 is 0 Å². The van der Waals surface area contributed by atoms with Gasteiger partial charge in [0.2, 0.25) is 0 Å². The van der Waals surface area contributed by atoms with Crippen LogP contribution in [-0.2, 0) is 6.42 Å². The maximum absolute atomic E-state index is 6.15. The van der Waals surface area contributed by atoms with Crippen molar-refractivity contribution in [3.8, 4) is 0 Å². The first kappa shape index (κ1) is 14.8. The average molecular weight is 294 g/mol. The number of nitrogens with zero attached hydrogens (tertiary/aromatic N) is 3. The molecular weight excluding hydrogens is 274 g/mol. The normalized spacial score (nSPS) is 11.1. The third-order valence-electron chi connectivity index (χ3n) is 3.06. The molecule has 0 saturated heterocycles. The third kappa shape index (κ3) is 3.70. The molecule has 0 radical (unpaired) electrons. The number of aromatic amines is 1. The molecule has 2 heterocycles. The standard InChI is InChI=1S/C14H20ClN5/c1-9(2)13-19-12(15)10(3)14(20-13)18-6-4-5-11-16-7-8-17-11/h7-9H,4-6H2,1-3H3,(H,16,17)(H,18,19,20). The van der Waals surface area contributed by atoms with Crippen molar-refractivity contribution in [2.75, 3.05) is 11.9 Å². The Kier molecular flexibility index (Phi) is 4.95. The molecule has 0 saturated carbocycles. The Bertz CT molecular complexity index is 551. The van der Waals surface area contributed by atoms with Gasteiger partial charge in [0, 0.05) is 36.8 Å². The largest absolute Gasteiger partial charge is 0.370 e. The third-order valence-corrected chi connectivity index (χ3v) is 3.43. The van der Waals surface area contributed by atoms with Crippen LogP contribution in [0.2, 0.25) is 5.15 Å². The predicted octanol–water partition coefficient (Wildman–Crippen LogP) is 3.33. The first-order valence-corrected chi connectivity index (χ1v) is 7.22. The SMILES string of the molecule is Cc1c(Cl)nc(C(C)C)nc1NCCCc1ncc[nH]1. The van der Waals surface area contributed by atoms with Crippen molar-refractivity contribution in [2.24, 2.45) is 0 Å². The van der Waals surface area contributed by atoms with Crippen LogP contribution >= 0.6 is 11.6 Å². The lowest BCUT2D eigenvalue weighted by Gasteiger charge is -2.12. The van der Waals surface area contributed by atoms with E-state index in [1.54, 1.807) is 6.20 Å². The zero-order valence-corrected chi connectivity index (χ0v) is 12.8. The molecular formula is C14H20ClN5. The summed E-state index contributed by atoms with van der Waals surface area (Å²) in [4.78, 5) is 16.1. The van der Waals surface area contributed by atoms with E-state index in [1.807, 2.05) is 13.1 Å². The highest BCUT2D eigenvalue weighted by Gasteiger charge is 2.11. The number of hydrogen-bond donors (Lipinski definition) is 2. The van der Waals surface area contributed by atoms with Crippen LogP contribution in [0.1, 0.15) is 43.4 Å². The number of aryl methyl sites for hydroxylation is 1. The lowest BCUT2D eigenvalue weighted by molar-refractivity contribution is 0.766. The smallest absolute Gasteiger partial charge is 0.137 e. The van der Waals surface area contributed by atoms with Crippen LogP contribution in [0.15, 0.2) is 12.4 Å². The number of aromatic nitrogens is 4. The van der Waals surface area contributed by atoms with E-state index in [2.05, 4.69) is 39.1 Å². The molecule has 6 heteroatoms. The van der Waals surface area contributed by atoms with Crippen LogP contribution in [0.5, 0.6) is 0 Å². The summed E-state index contributed by atoms with van der Waals surface area (Å²) in [5, 5.41) is 3.86. The van der Waals surface area contributed by atoms with Crippen LogP contribution in [0.3, 0.4) is 0 Å². The van der Waals surface area contributed by atoms with Crippen molar-refractivity contribution in [1.82, 2.24) is 19.9 Å². The van der Waals surface area contributed by atoms with Gasteiger partial charge in [0.15, 0.2) is 0 Å². The van der Waals surface area contributed by atoms with Gasteiger partial charge >= 0.3 is 0 Å². The second-order valence-corrected chi connectivity index (χ2v) is 5.43. The first-order chi connectivity index (χ1) is 9.58. The Balaban J connectivity index is 1.94. The Morgan fingerprint density at radius 2 is 2.15 bits per heavy atom. The first-order valence-electron chi connectivity index (χ1n) is 6.84. The molecule has 5 nitrogen and oxygen atoms in total. The van der Waals surface area contributed by atoms with Crippen LogP contribution in [0, 0.1) is 6.92 Å². The van der Waals surface area contributed by atoms with Gasteiger partial charge in [-0.1, -0.05) is 25.4 Å². The molecule has 0 spiro atoms. The highest BCUT2D eigenvalue weighted by Crippen LogP contribution is 2.22. The average Bonchev–Trinajstić information content (AvgIpc) is 2.92. The zero-order chi connectivity index (χ0) is 14.5. The van der Waals surface area contributed by atoms with E-state index in [9.17, 15) is 0 Å². The fourth-order valence-corrected chi connectivity index (χ4v) is 2.01. The topological polar surface area (TPSA) is 66.5 Å². The maximum atomic E-state index is 6.15. The van der Waals surface area contributed by atoms with Gasteiger partial charge in [-0.25, -0.2) is 15.0 Å². The predicted molar refractivity (Wildman–Crippen MR) is 81.3 cm³/mol. The molecule has 0 atom stereocenters. The Morgan fingerprint density at radius 1 is 1.35 bits per heavy atom. The Hall–Kier alpha value is -1.62. The minimum Gasteiger partial charge on any atom is -0.370 e. The molecule has 108 valence electrons. The van der Waals surface area contributed by atoms with Gasteiger partial charge in [-0.15, -0.1) is 0 Å². The van der Waals surface area contributed by atoms with Crippen molar-refractivity contribution in [3.05, 3.63) is 34.8 Å². The summed E-state index contributed by atoms with van der Waals surface area (Å²) in [5.74, 6) is 2.87. The molecule has 2 aromatic rings. The highest BCUT2D eigenvalue weighted by molar-refractivity contribution is 6.30. The maximum Gasteiger partial charge on any atom is 0.137 e. The fourth-order valence-electron chi connectivity index (χ4n) is 1.83. The molecule has 2 rings (SSSR count). The molecule has 0 aliphatic carbocycles. The molecule has 2 N–H and O–H groups in total. The lowest BCUT2D eigenvalue weighted by atomic mass is 10.2. The number of anilines is 1. The zero-order valence-electron chi connectivity index (χ0n) is 12.1. The van der Waals surface area contributed by atoms with E-state index in [0.717, 1.165) is 42.4 Å². The van der Waals surface area contributed by atoms with Gasteiger partial charge in [0.05, 0.1) is 0 Å². The molecule has 0 fully saturated rings. The Labute approximate surface area is 124 Å². The van der Waals surface area contributed by atoms with Crippen molar-refractivity contribution >= 4 is 17.4 Å². The molecule has 0 aromatic carbocycles. The van der Waals surface area contributed by atoms with Gasteiger partial charge in [-0.3, -0.25) is 0 Å². The second kappa shape index (κ2) is 6.70. The summed E-state index contributed by atoms with van der Waals surface area (Å²) in [7, 11) is 0. The van der Waals surface area contributed by atoms with Crippen molar-refractivity contribution < 1.29 is 0 Å². The van der Waals surface area contributed by atoms with E-state index < -0.39 is 0 Å². The number of nitrogens with one attached hydrogen (secondary N) is 2. The number of imidazole rings is 1. The van der Waals surface area contributed by atoms with Crippen molar-refractivity contribution in [3.63, 3.8) is 0 Å². The van der Waals surface area contributed by atoms with Crippen LogP contribution < -0.4 is 5.32 Å². The van der Waals surface area contributed by atoms with E-state index in [1.165, 1.54) is 0 Å². The van der Waals surface area contributed by atoms with Gasteiger partial charge in [0.25, 0.3) is 0 Å². The number of H-pyrrole nitrogens is 1. The van der Waals surface area contributed by atoms with Gasteiger partial charge in [-0.2, -0.15) is 0 Å². The molecule has 0 aliphatic rings. The van der Waals surface area contributed by atoms with Gasteiger partial charge < -0.3 is 10.3 Å².